The maximum absolute atomic E-state index is 2.38. The van der Waals surface area contributed by atoms with Crippen molar-refractivity contribution >= 4 is 49.4 Å². The molecule has 0 spiro atoms. The zero-order valence-corrected chi connectivity index (χ0v) is 29.3. The number of hydrogen-bond donors (Lipinski definition) is 0. The van der Waals surface area contributed by atoms with Gasteiger partial charge in [-0.3, -0.25) is 0 Å². The number of fused-ring (bicyclic) bond motifs is 6. The second-order valence-corrected chi connectivity index (χ2v) is 14.6. The van der Waals surface area contributed by atoms with Gasteiger partial charge < -0.3 is 4.90 Å². The van der Waals surface area contributed by atoms with E-state index < -0.39 is 0 Å². The van der Waals surface area contributed by atoms with Crippen LogP contribution in [0.4, 0.5) is 17.1 Å². The van der Waals surface area contributed by atoms with Crippen molar-refractivity contribution in [2.75, 3.05) is 4.90 Å². The monoisotopic (exact) mass is 663 g/mol. The highest BCUT2D eigenvalue weighted by molar-refractivity contribution is 5.99. The Morgan fingerprint density at radius 3 is 1.69 bits per heavy atom. The second-order valence-electron chi connectivity index (χ2n) is 14.6. The van der Waals surface area contributed by atoms with Gasteiger partial charge in [-0.05, 0) is 119 Å². The average Bonchev–Trinajstić information content (AvgIpc) is 3.44. The molecule has 0 saturated heterocycles. The molecule has 52 heavy (non-hydrogen) atoms. The van der Waals surface area contributed by atoms with Crippen molar-refractivity contribution in [3.8, 4) is 33.4 Å². The second kappa shape index (κ2) is 11.8. The Hall–Kier alpha value is -6.44. The summed E-state index contributed by atoms with van der Waals surface area (Å²) in [5, 5.41) is 7.43. The van der Waals surface area contributed by atoms with Gasteiger partial charge in [0.15, 0.2) is 0 Å². The highest BCUT2D eigenvalue weighted by Gasteiger charge is 2.36. The van der Waals surface area contributed by atoms with Gasteiger partial charge in [0.05, 0.1) is 0 Å². The molecule has 1 nitrogen and oxygen atoms in total. The van der Waals surface area contributed by atoms with Crippen LogP contribution in [0.3, 0.4) is 0 Å². The first-order chi connectivity index (χ1) is 25.5. The Bertz CT molecular complexity index is 2820. The Balaban J connectivity index is 1.08. The molecular weight excluding hydrogens is 627 g/mol. The third-order valence-electron chi connectivity index (χ3n) is 11.2. The summed E-state index contributed by atoms with van der Waals surface area (Å²) in [4.78, 5) is 2.38. The molecule has 0 aromatic heterocycles. The molecule has 0 unspecified atom stereocenters. The molecule has 9 aromatic rings. The fourth-order valence-corrected chi connectivity index (χ4v) is 8.57. The van der Waals surface area contributed by atoms with Gasteiger partial charge in [0, 0.05) is 22.5 Å². The van der Waals surface area contributed by atoms with Crippen LogP contribution in [-0.4, -0.2) is 0 Å². The molecule has 1 aliphatic rings. The number of benzene rings is 9. The third kappa shape index (κ3) is 4.85. The van der Waals surface area contributed by atoms with E-state index >= 15 is 0 Å². The Kier molecular flexibility index (Phi) is 6.91. The van der Waals surface area contributed by atoms with E-state index in [0.29, 0.717) is 0 Å². The number of nitrogens with zero attached hydrogens (tertiary/aromatic N) is 1. The minimum Gasteiger partial charge on any atom is -0.310 e. The van der Waals surface area contributed by atoms with Crippen LogP contribution in [-0.2, 0) is 5.41 Å². The number of hydrogen-bond acceptors (Lipinski definition) is 1. The lowest BCUT2D eigenvalue weighted by molar-refractivity contribution is 0.660. The van der Waals surface area contributed by atoms with E-state index in [-0.39, 0.29) is 5.41 Å². The van der Waals surface area contributed by atoms with Crippen molar-refractivity contribution in [1.29, 1.82) is 0 Å². The van der Waals surface area contributed by atoms with Gasteiger partial charge in [0.1, 0.15) is 0 Å². The highest BCUT2D eigenvalue weighted by atomic mass is 15.1. The summed E-state index contributed by atoms with van der Waals surface area (Å²) in [5.74, 6) is 0. The van der Waals surface area contributed by atoms with Gasteiger partial charge in [-0.1, -0.05) is 159 Å². The van der Waals surface area contributed by atoms with Gasteiger partial charge in [-0.2, -0.15) is 0 Å². The lowest BCUT2D eigenvalue weighted by Crippen LogP contribution is -2.14. The number of rotatable bonds is 5. The van der Waals surface area contributed by atoms with Crippen molar-refractivity contribution in [3.05, 3.63) is 199 Å². The Morgan fingerprint density at radius 2 is 0.865 bits per heavy atom. The van der Waals surface area contributed by atoms with Crippen LogP contribution >= 0.6 is 0 Å². The van der Waals surface area contributed by atoms with E-state index in [4.69, 9.17) is 0 Å². The quantitative estimate of drug-likeness (QED) is 0.177. The van der Waals surface area contributed by atoms with E-state index in [1.54, 1.807) is 0 Å². The molecule has 0 N–H and O–H groups in total. The first-order valence-corrected chi connectivity index (χ1v) is 18.2. The van der Waals surface area contributed by atoms with Crippen LogP contribution in [0.1, 0.15) is 25.0 Å². The summed E-state index contributed by atoms with van der Waals surface area (Å²) >= 11 is 0. The predicted molar refractivity (Wildman–Crippen MR) is 222 cm³/mol. The smallest absolute Gasteiger partial charge is 0.0468 e. The summed E-state index contributed by atoms with van der Waals surface area (Å²) in [6.45, 7) is 4.70. The van der Waals surface area contributed by atoms with Crippen molar-refractivity contribution in [3.63, 3.8) is 0 Å². The Labute approximate surface area is 305 Å². The predicted octanol–water partition coefficient (Wildman–Crippen LogP) is 14.3. The highest BCUT2D eigenvalue weighted by Crippen LogP contribution is 2.52. The largest absolute Gasteiger partial charge is 0.310 e. The average molecular weight is 664 g/mol. The summed E-state index contributed by atoms with van der Waals surface area (Å²) in [5.41, 5.74) is 13.9. The van der Waals surface area contributed by atoms with Crippen LogP contribution in [0.2, 0.25) is 0 Å². The first-order valence-electron chi connectivity index (χ1n) is 18.2. The molecule has 0 saturated carbocycles. The summed E-state index contributed by atoms with van der Waals surface area (Å²) < 4.78 is 0. The van der Waals surface area contributed by atoms with E-state index in [9.17, 15) is 0 Å². The van der Waals surface area contributed by atoms with Crippen LogP contribution in [0.5, 0.6) is 0 Å². The SMILES string of the molecule is CC1(C)c2ccccc2-c2c(-c3ccc4cc(N(c5ccc(-c6cccc7ccccc67)cc5)c5ccc6ccccc6c5)ccc4c3)cccc21. The third-order valence-corrected chi connectivity index (χ3v) is 11.2. The maximum atomic E-state index is 2.38. The van der Waals surface area contributed by atoms with E-state index in [1.807, 2.05) is 0 Å². The van der Waals surface area contributed by atoms with Crippen LogP contribution in [0.25, 0.3) is 65.7 Å². The fourth-order valence-electron chi connectivity index (χ4n) is 8.57. The molecule has 0 atom stereocenters. The standard InChI is InChI=1S/C51H37N/c1-51(2)48-19-8-7-16-47(48)50-46(18-10-20-49(50)51)40-22-21-39-33-43(30-26-38(39)31-40)52(42-29-23-34-11-3-4-13-37(34)32-42)41-27-24-36(25-28-41)45-17-9-14-35-12-5-6-15-44(35)45/h3-33H,1-2H3. The molecule has 9 aromatic carbocycles. The molecule has 0 heterocycles. The van der Waals surface area contributed by atoms with E-state index in [1.165, 1.54) is 76.8 Å². The minimum atomic E-state index is -0.0208. The number of anilines is 3. The zero-order chi connectivity index (χ0) is 34.8. The van der Waals surface area contributed by atoms with Crippen molar-refractivity contribution in [1.82, 2.24) is 0 Å². The van der Waals surface area contributed by atoms with Gasteiger partial charge in [0.25, 0.3) is 0 Å². The van der Waals surface area contributed by atoms with Crippen molar-refractivity contribution < 1.29 is 0 Å². The molecule has 1 heteroatoms. The summed E-state index contributed by atoms with van der Waals surface area (Å²) in [6.07, 6.45) is 0. The molecule has 0 bridgehead atoms. The van der Waals surface area contributed by atoms with Gasteiger partial charge >= 0.3 is 0 Å². The van der Waals surface area contributed by atoms with Gasteiger partial charge in [0.2, 0.25) is 0 Å². The molecule has 0 aliphatic heterocycles. The molecule has 0 amide bonds. The maximum Gasteiger partial charge on any atom is 0.0468 e. The summed E-state index contributed by atoms with van der Waals surface area (Å²) in [6, 6.07) is 69.2. The molecular formula is C51H37N. The summed E-state index contributed by atoms with van der Waals surface area (Å²) in [7, 11) is 0. The minimum absolute atomic E-state index is 0.0208. The lowest BCUT2D eigenvalue weighted by atomic mass is 9.82. The Morgan fingerprint density at radius 1 is 0.346 bits per heavy atom. The zero-order valence-electron chi connectivity index (χ0n) is 29.3. The molecule has 1 aliphatic carbocycles. The van der Waals surface area contributed by atoms with Crippen LogP contribution < -0.4 is 4.90 Å². The topological polar surface area (TPSA) is 3.24 Å². The molecule has 0 radical (unpaired) electrons. The normalized spacial score (nSPS) is 13.0. The van der Waals surface area contributed by atoms with Crippen molar-refractivity contribution in [2.45, 2.75) is 19.3 Å². The fraction of sp³-hybridized carbons (Fsp3) is 0.0588. The van der Waals surface area contributed by atoms with Gasteiger partial charge in [-0.25, -0.2) is 0 Å². The molecule has 10 rings (SSSR count). The lowest BCUT2D eigenvalue weighted by Gasteiger charge is -2.26. The van der Waals surface area contributed by atoms with Gasteiger partial charge in [-0.15, -0.1) is 0 Å². The van der Waals surface area contributed by atoms with Crippen molar-refractivity contribution in [2.24, 2.45) is 0 Å². The van der Waals surface area contributed by atoms with E-state index in [2.05, 4.69) is 207 Å². The molecule has 246 valence electrons. The van der Waals surface area contributed by atoms with Crippen LogP contribution in [0.15, 0.2) is 188 Å². The first kappa shape index (κ1) is 30.4. The van der Waals surface area contributed by atoms with Crippen LogP contribution in [0, 0.1) is 0 Å². The molecule has 0 fully saturated rings. The van der Waals surface area contributed by atoms with E-state index in [0.717, 1.165) is 17.1 Å².